The van der Waals surface area contributed by atoms with Gasteiger partial charge in [0.1, 0.15) is 11.7 Å². The van der Waals surface area contributed by atoms with Crippen LogP contribution in [-0.4, -0.2) is 63.5 Å². The molecule has 2 aromatic rings. The van der Waals surface area contributed by atoms with Gasteiger partial charge in [-0.05, 0) is 18.7 Å². The first-order valence-corrected chi connectivity index (χ1v) is 6.73. The molecule has 1 N–H and O–H groups in total. The normalized spacial score (nSPS) is 19.2. The highest BCUT2D eigenvalue weighted by atomic mass is 16.4. The fraction of sp³-hybridized carbons (Fsp3) is 0.429. The summed E-state index contributed by atoms with van der Waals surface area (Å²) in [6.45, 7) is 3.35. The van der Waals surface area contributed by atoms with E-state index in [1.54, 1.807) is 6.20 Å². The van der Waals surface area contributed by atoms with Crippen molar-refractivity contribution in [2.75, 3.05) is 33.2 Å². The Hall–Kier alpha value is -1.92. The molecule has 0 radical (unpaired) electrons. The number of piperazine rings is 1. The number of carboxylic acids is 1. The minimum Gasteiger partial charge on any atom is -0.480 e. The molecule has 1 unspecified atom stereocenters. The average molecular weight is 274 g/mol. The molecule has 6 heteroatoms. The van der Waals surface area contributed by atoms with Gasteiger partial charge in [-0.2, -0.15) is 0 Å². The van der Waals surface area contributed by atoms with Gasteiger partial charge in [0.25, 0.3) is 0 Å². The van der Waals surface area contributed by atoms with Gasteiger partial charge in [-0.3, -0.25) is 9.69 Å². The zero-order valence-corrected chi connectivity index (χ0v) is 11.4. The molecule has 20 heavy (non-hydrogen) atoms. The Kier molecular flexibility index (Phi) is 3.42. The highest BCUT2D eigenvalue weighted by molar-refractivity contribution is 5.75. The number of aliphatic carboxylic acids is 1. The van der Waals surface area contributed by atoms with Crippen LogP contribution in [0.5, 0.6) is 0 Å². The number of carboxylic acid groups (broad SMARTS) is 1. The number of nitrogens with zero attached hydrogens (tertiary/aromatic N) is 4. The Morgan fingerprint density at radius 2 is 2.05 bits per heavy atom. The van der Waals surface area contributed by atoms with E-state index < -0.39 is 12.0 Å². The van der Waals surface area contributed by atoms with Crippen molar-refractivity contribution in [2.45, 2.75) is 6.04 Å². The lowest BCUT2D eigenvalue weighted by atomic mass is 10.1. The summed E-state index contributed by atoms with van der Waals surface area (Å²) in [5, 5.41) is 9.59. The largest absolute Gasteiger partial charge is 0.480 e. The maximum Gasteiger partial charge on any atom is 0.325 e. The second kappa shape index (κ2) is 5.22. The van der Waals surface area contributed by atoms with Crippen LogP contribution in [0.1, 0.15) is 11.6 Å². The highest BCUT2D eigenvalue weighted by Crippen LogP contribution is 2.22. The fourth-order valence-electron chi connectivity index (χ4n) is 2.69. The van der Waals surface area contributed by atoms with E-state index in [0.29, 0.717) is 0 Å². The third-order valence-corrected chi connectivity index (χ3v) is 3.86. The van der Waals surface area contributed by atoms with E-state index in [-0.39, 0.29) is 0 Å². The Bertz CT molecular complexity index is 616. The van der Waals surface area contributed by atoms with Crippen molar-refractivity contribution in [2.24, 2.45) is 0 Å². The van der Waals surface area contributed by atoms with Gasteiger partial charge in [0.05, 0.1) is 0 Å². The standard InChI is InChI=1S/C14H18N4O2/c1-16-6-8-17(9-7-16)13(14(19)20)11-2-3-12-15-4-5-18(12)10-11/h2-5,10,13H,6-9H2,1H3,(H,19,20). The molecule has 0 amide bonds. The van der Waals surface area contributed by atoms with E-state index in [2.05, 4.69) is 16.9 Å². The molecule has 3 rings (SSSR count). The summed E-state index contributed by atoms with van der Waals surface area (Å²) in [7, 11) is 2.06. The predicted octanol–water partition coefficient (Wildman–Crippen LogP) is 0.707. The number of carbonyl (C=O) groups is 1. The molecule has 0 aliphatic carbocycles. The second-order valence-electron chi connectivity index (χ2n) is 5.24. The number of pyridine rings is 1. The summed E-state index contributed by atoms with van der Waals surface area (Å²) < 4.78 is 1.86. The molecule has 0 spiro atoms. The molecule has 1 atom stereocenters. The van der Waals surface area contributed by atoms with Gasteiger partial charge in [0.2, 0.25) is 0 Å². The molecule has 106 valence electrons. The third kappa shape index (κ3) is 2.39. The van der Waals surface area contributed by atoms with Crippen molar-refractivity contribution in [3.63, 3.8) is 0 Å². The number of hydrogen-bond donors (Lipinski definition) is 1. The molecular formula is C14H18N4O2. The minimum absolute atomic E-state index is 0.588. The third-order valence-electron chi connectivity index (χ3n) is 3.86. The maximum atomic E-state index is 11.7. The van der Waals surface area contributed by atoms with Crippen molar-refractivity contribution < 1.29 is 9.90 Å². The van der Waals surface area contributed by atoms with E-state index >= 15 is 0 Å². The number of imidazole rings is 1. The molecule has 1 aliphatic rings. The zero-order valence-electron chi connectivity index (χ0n) is 11.4. The summed E-state index contributed by atoms with van der Waals surface area (Å²) in [5.74, 6) is -0.797. The van der Waals surface area contributed by atoms with Gasteiger partial charge in [-0.25, -0.2) is 4.98 Å². The summed E-state index contributed by atoms with van der Waals surface area (Å²) in [4.78, 5) is 20.1. The molecule has 1 fully saturated rings. The number of fused-ring (bicyclic) bond motifs is 1. The monoisotopic (exact) mass is 274 g/mol. The van der Waals surface area contributed by atoms with E-state index in [1.165, 1.54) is 0 Å². The van der Waals surface area contributed by atoms with Crippen LogP contribution >= 0.6 is 0 Å². The van der Waals surface area contributed by atoms with Gasteiger partial charge in [-0.1, -0.05) is 6.07 Å². The molecule has 1 aliphatic heterocycles. The smallest absolute Gasteiger partial charge is 0.325 e. The SMILES string of the molecule is CN1CCN(C(C(=O)O)c2ccc3nccn3c2)CC1. The van der Waals surface area contributed by atoms with Gasteiger partial charge in [0, 0.05) is 44.8 Å². The summed E-state index contributed by atoms with van der Waals surface area (Å²) in [6, 6.07) is 3.14. The van der Waals surface area contributed by atoms with Crippen molar-refractivity contribution in [3.8, 4) is 0 Å². The zero-order chi connectivity index (χ0) is 14.1. The highest BCUT2D eigenvalue weighted by Gasteiger charge is 2.29. The van der Waals surface area contributed by atoms with Crippen LogP contribution in [0.4, 0.5) is 0 Å². The Morgan fingerprint density at radius 1 is 1.30 bits per heavy atom. The quantitative estimate of drug-likeness (QED) is 0.893. The summed E-state index contributed by atoms with van der Waals surface area (Å²) >= 11 is 0. The number of hydrogen-bond acceptors (Lipinski definition) is 4. The van der Waals surface area contributed by atoms with Crippen LogP contribution in [-0.2, 0) is 4.79 Å². The first-order valence-electron chi connectivity index (χ1n) is 6.73. The van der Waals surface area contributed by atoms with Gasteiger partial charge in [-0.15, -0.1) is 0 Å². The molecular weight excluding hydrogens is 256 g/mol. The summed E-state index contributed by atoms with van der Waals surface area (Å²) in [6.07, 6.45) is 5.41. The number of rotatable bonds is 3. The molecule has 0 bridgehead atoms. The Labute approximate surface area is 117 Å². The molecule has 3 heterocycles. The van der Waals surface area contributed by atoms with Crippen molar-refractivity contribution in [1.29, 1.82) is 0 Å². The van der Waals surface area contributed by atoms with Crippen LogP contribution in [0.3, 0.4) is 0 Å². The predicted molar refractivity (Wildman–Crippen MR) is 74.6 cm³/mol. The van der Waals surface area contributed by atoms with Crippen LogP contribution in [0.25, 0.3) is 5.65 Å². The molecule has 2 aromatic heterocycles. The van der Waals surface area contributed by atoms with Crippen molar-refractivity contribution in [1.82, 2.24) is 19.2 Å². The molecule has 0 saturated carbocycles. The molecule has 0 aromatic carbocycles. The lowest BCUT2D eigenvalue weighted by Gasteiger charge is -2.36. The van der Waals surface area contributed by atoms with Crippen molar-refractivity contribution >= 4 is 11.6 Å². The van der Waals surface area contributed by atoms with E-state index in [9.17, 15) is 9.90 Å². The Balaban J connectivity index is 1.91. The first-order chi connectivity index (χ1) is 9.65. The van der Waals surface area contributed by atoms with Crippen LogP contribution in [0.15, 0.2) is 30.7 Å². The minimum atomic E-state index is -0.797. The second-order valence-corrected chi connectivity index (χ2v) is 5.24. The molecule has 1 saturated heterocycles. The maximum absolute atomic E-state index is 11.7. The summed E-state index contributed by atoms with van der Waals surface area (Å²) in [5.41, 5.74) is 1.63. The lowest BCUT2D eigenvalue weighted by molar-refractivity contribution is -0.144. The van der Waals surface area contributed by atoms with Crippen LogP contribution in [0, 0.1) is 0 Å². The molecule has 6 nitrogen and oxygen atoms in total. The first kappa shape index (κ1) is 13.1. The van der Waals surface area contributed by atoms with Crippen LogP contribution in [0.2, 0.25) is 0 Å². The van der Waals surface area contributed by atoms with Gasteiger partial charge in [0.15, 0.2) is 0 Å². The van der Waals surface area contributed by atoms with Gasteiger partial charge >= 0.3 is 5.97 Å². The van der Waals surface area contributed by atoms with Crippen LogP contribution < -0.4 is 0 Å². The van der Waals surface area contributed by atoms with Gasteiger partial charge < -0.3 is 14.4 Å². The van der Waals surface area contributed by atoms with E-state index in [0.717, 1.165) is 37.4 Å². The number of likely N-dealkylation sites (N-methyl/N-ethyl adjacent to an activating group) is 1. The lowest BCUT2D eigenvalue weighted by Crippen LogP contribution is -2.47. The topological polar surface area (TPSA) is 61.1 Å². The Morgan fingerprint density at radius 3 is 2.75 bits per heavy atom. The average Bonchev–Trinajstić information content (AvgIpc) is 2.88. The van der Waals surface area contributed by atoms with Crippen molar-refractivity contribution in [3.05, 3.63) is 36.3 Å². The fourth-order valence-corrected chi connectivity index (χ4v) is 2.69. The van der Waals surface area contributed by atoms with E-state index in [4.69, 9.17) is 0 Å². The van der Waals surface area contributed by atoms with E-state index in [1.807, 2.05) is 33.8 Å². The number of aromatic nitrogens is 2.